The first-order chi connectivity index (χ1) is 12.8. The third-order valence-electron chi connectivity index (χ3n) is 3.83. The molecule has 0 bridgehead atoms. The van der Waals surface area contributed by atoms with Crippen molar-refractivity contribution >= 4 is 21.9 Å². The van der Waals surface area contributed by atoms with Crippen molar-refractivity contribution in [2.45, 2.75) is 17.9 Å². The lowest BCUT2D eigenvalue weighted by Gasteiger charge is -2.25. The number of carbonyl (C=O) groups excluding carboxylic acids is 1. The van der Waals surface area contributed by atoms with Crippen LogP contribution in [0.15, 0.2) is 47.4 Å². The SMILES string of the molecule is Cc1ccc(C(=O)O)cc1S(=O)(=O)NNC(=O)[C@@H]1COc2ccccc2O1. The van der Waals surface area contributed by atoms with E-state index in [1.807, 2.05) is 4.83 Å². The number of benzene rings is 2. The number of hydrogen-bond acceptors (Lipinski definition) is 6. The average molecular weight is 392 g/mol. The summed E-state index contributed by atoms with van der Waals surface area (Å²) < 4.78 is 35.7. The standard InChI is InChI=1S/C17H16N2O7S/c1-10-6-7-11(17(21)22)8-15(10)27(23,24)19-18-16(20)14-9-25-12-4-2-3-5-13(12)26-14/h2-8,14,19H,9H2,1H3,(H,18,20)(H,21,22)/t14-/m0/s1. The Balaban J connectivity index is 1.70. The van der Waals surface area contributed by atoms with E-state index in [-0.39, 0.29) is 17.1 Å². The Morgan fingerprint density at radius 2 is 1.85 bits per heavy atom. The molecule has 3 rings (SSSR count). The number of aromatic carboxylic acids is 1. The molecule has 0 saturated carbocycles. The number of carboxylic acid groups (broad SMARTS) is 1. The highest BCUT2D eigenvalue weighted by Crippen LogP contribution is 2.30. The maximum atomic E-state index is 12.4. The highest BCUT2D eigenvalue weighted by atomic mass is 32.2. The van der Waals surface area contributed by atoms with Crippen LogP contribution < -0.4 is 19.7 Å². The maximum absolute atomic E-state index is 12.4. The number of nitrogens with one attached hydrogen (secondary N) is 2. The summed E-state index contributed by atoms with van der Waals surface area (Å²) >= 11 is 0. The Labute approximate surface area is 154 Å². The number of fused-ring (bicyclic) bond motifs is 1. The molecule has 1 aliphatic heterocycles. The van der Waals surface area contributed by atoms with Crippen LogP contribution in [0.1, 0.15) is 15.9 Å². The predicted molar refractivity (Wildman–Crippen MR) is 93.0 cm³/mol. The molecule has 2 aromatic carbocycles. The van der Waals surface area contributed by atoms with Crippen molar-refractivity contribution < 1.29 is 32.6 Å². The zero-order chi connectivity index (χ0) is 19.6. The van der Waals surface area contributed by atoms with Crippen molar-refractivity contribution in [2.24, 2.45) is 0 Å². The largest absolute Gasteiger partial charge is 0.485 e. The first-order valence-corrected chi connectivity index (χ1v) is 9.30. The number of carbonyl (C=O) groups is 2. The van der Waals surface area contributed by atoms with E-state index < -0.39 is 28.0 Å². The van der Waals surface area contributed by atoms with Crippen LogP contribution in [0.5, 0.6) is 11.5 Å². The number of ether oxygens (including phenoxy) is 2. The number of hydrogen-bond donors (Lipinski definition) is 3. The lowest BCUT2D eigenvalue weighted by molar-refractivity contribution is -0.130. The normalized spacial score (nSPS) is 15.8. The molecule has 0 radical (unpaired) electrons. The quantitative estimate of drug-likeness (QED) is 0.643. The molecule has 0 aliphatic carbocycles. The van der Waals surface area contributed by atoms with Gasteiger partial charge in [-0.1, -0.05) is 18.2 Å². The number of amides is 1. The minimum atomic E-state index is -4.18. The molecule has 2 aromatic rings. The highest BCUT2D eigenvalue weighted by Gasteiger charge is 2.28. The van der Waals surface area contributed by atoms with Crippen LogP contribution in [0, 0.1) is 6.92 Å². The van der Waals surface area contributed by atoms with E-state index >= 15 is 0 Å². The van der Waals surface area contributed by atoms with E-state index in [2.05, 4.69) is 5.43 Å². The lowest BCUT2D eigenvalue weighted by Crippen LogP contribution is -2.50. The van der Waals surface area contributed by atoms with Gasteiger partial charge < -0.3 is 14.6 Å². The smallest absolute Gasteiger partial charge is 0.335 e. The van der Waals surface area contributed by atoms with Gasteiger partial charge in [0.25, 0.3) is 15.9 Å². The molecule has 0 fully saturated rings. The summed E-state index contributed by atoms with van der Waals surface area (Å²) in [5, 5.41) is 9.02. The van der Waals surface area contributed by atoms with Gasteiger partial charge in [-0.2, -0.15) is 0 Å². The van der Waals surface area contributed by atoms with Crippen LogP contribution in [0.25, 0.3) is 0 Å². The topological polar surface area (TPSA) is 131 Å². The van der Waals surface area contributed by atoms with E-state index in [0.29, 0.717) is 17.1 Å². The summed E-state index contributed by atoms with van der Waals surface area (Å²) in [5.41, 5.74) is 2.21. The lowest BCUT2D eigenvalue weighted by atomic mass is 10.1. The van der Waals surface area contributed by atoms with E-state index in [1.54, 1.807) is 24.3 Å². The zero-order valence-corrected chi connectivity index (χ0v) is 14.9. The second kappa shape index (κ2) is 7.25. The Hall–Kier alpha value is -3.11. The van der Waals surface area contributed by atoms with Crippen LogP contribution in [-0.4, -0.2) is 38.1 Å². The van der Waals surface area contributed by atoms with E-state index in [1.165, 1.54) is 19.1 Å². The molecule has 1 amide bonds. The molecule has 9 nitrogen and oxygen atoms in total. The summed E-state index contributed by atoms with van der Waals surface area (Å²) in [7, 11) is -4.18. The number of sulfonamides is 1. The van der Waals surface area contributed by atoms with E-state index in [0.717, 1.165) is 6.07 Å². The Bertz CT molecular complexity index is 1000. The fourth-order valence-corrected chi connectivity index (χ4v) is 3.54. The number of hydrazine groups is 1. The van der Waals surface area contributed by atoms with Gasteiger partial charge in [-0.25, -0.2) is 13.2 Å². The van der Waals surface area contributed by atoms with Gasteiger partial charge in [0.1, 0.15) is 6.61 Å². The summed E-state index contributed by atoms with van der Waals surface area (Å²) in [6, 6.07) is 10.5. The predicted octanol–water partition coefficient (Wildman–Crippen LogP) is 0.843. The summed E-state index contributed by atoms with van der Waals surface area (Å²) in [6.07, 6.45) is -1.05. The van der Waals surface area contributed by atoms with Gasteiger partial charge in [-0.3, -0.25) is 10.2 Å². The first-order valence-electron chi connectivity index (χ1n) is 7.82. The fourth-order valence-electron chi connectivity index (χ4n) is 2.42. The van der Waals surface area contributed by atoms with Gasteiger partial charge in [-0.05, 0) is 36.8 Å². The maximum Gasteiger partial charge on any atom is 0.335 e. The monoisotopic (exact) mass is 392 g/mol. The summed E-state index contributed by atoms with van der Waals surface area (Å²) in [6.45, 7) is 1.43. The molecular formula is C17H16N2O7S. The molecule has 10 heteroatoms. The van der Waals surface area contributed by atoms with Crippen molar-refractivity contribution in [3.8, 4) is 11.5 Å². The summed E-state index contributed by atoms with van der Waals surface area (Å²) in [4.78, 5) is 24.9. The van der Waals surface area contributed by atoms with Gasteiger partial charge in [0.2, 0.25) is 6.10 Å². The molecule has 1 aliphatic rings. The zero-order valence-electron chi connectivity index (χ0n) is 14.1. The van der Waals surface area contributed by atoms with E-state index in [9.17, 15) is 18.0 Å². The van der Waals surface area contributed by atoms with Gasteiger partial charge in [0, 0.05) is 0 Å². The number of para-hydroxylation sites is 2. The van der Waals surface area contributed by atoms with Crippen LogP contribution in [-0.2, 0) is 14.8 Å². The summed E-state index contributed by atoms with van der Waals surface area (Å²) in [5.74, 6) is -1.15. The third-order valence-corrected chi connectivity index (χ3v) is 5.22. The van der Waals surface area contributed by atoms with Crippen molar-refractivity contribution in [1.29, 1.82) is 0 Å². The number of aryl methyl sites for hydroxylation is 1. The van der Waals surface area contributed by atoms with Crippen molar-refractivity contribution in [1.82, 2.24) is 10.3 Å². The van der Waals surface area contributed by atoms with Gasteiger partial charge in [-0.15, -0.1) is 4.83 Å². The van der Waals surface area contributed by atoms with Gasteiger partial charge in [0.15, 0.2) is 11.5 Å². The van der Waals surface area contributed by atoms with Crippen molar-refractivity contribution in [2.75, 3.05) is 6.61 Å². The highest BCUT2D eigenvalue weighted by molar-refractivity contribution is 7.89. The molecule has 142 valence electrons. The van der Waals surface area contributed by atoms with Crippen molar-refractivity contribution in [3.05, 3.63) is 53.6 Å². The fraction of sp³-hybridized carbons (Fsp3) is 0.176. The molecule has 27 heavy (non-hydrogen) atoms. The van der Waals surface area contributed by atoms with Gasteiger partial charge >= 0.3 is 5.97 Å². The number of carboxylic acids is 1. The second-order valence-corrected chi connectivity index (χ2v) is 7.40. The molecule has 3 N–H and O–H groups in total. The second-order valence-electron chi connectivity index (χ2n) is 5.74. The van der Waals surface area contributed by atoms with Crippen LogP contribution >= 0.6 is 0 Å². The van der Waals surface area contributed by atoms with Crippen LogP contribution in [0.2, 0.25) is 0 Å². The van der Waals surface area contributed by atoms with Crippen LogP contribution in [0.4, 0.5) is 0 Å². The number of rotatable bonds is 5. The average Bonchev–Trinajstić information content (AvgIpc) is 2.65. The molecule has 1 heterocycles. The Kier molecular flexibility index (Phi) is 5.02. The first kappa shape index (κ1) is 18.7. The molecular weight excluding hydrogens is 376 g/mol. The minimum absolute atomic E-state index is 0.0852. The van der Waals surface area contributed by atoms with Gasteiger partial charge in [0.05, 0.1) is 10.5 Å². The van der Waals surface area contributed by atoms with E-state index in [4.69, 9.17) is 14.6 Å². The van der Waals surface area contributed by atoms with Crippen molar-refractivity contribution in [3.63, 3.8) is 0 Å². The molecule has 0 unspecified atom stereocenters. The Morgan fingerprint density at radius 3 is 2.56 bits per heavy atom. The minimum Gasteiger partial charge on any atom is -0.485 e. The molecule has 1 atom stereocenters. The van der Waals surface area contributed by atoms with Crippen LogP contribution in [0.3, 0.4) is 0 Å². The molecule has 0 spiro atoms. The molecule has 0 aromatic heterocycles. The Morgan fingerprint density at radius 1 is 1.15 bits per heavy atom. The third kappa shape index (κ3) is 4.01. The molecule has 0 saturated heterocycles.